The number of carbonyl (C=O) groups excluding carboxylic acids is 1. The van der Waals surface area contributed by atoms with Crippen LogP contribution in [0.1, 0.15) is 39.0 Å². The molecule has 0 radical (unpaired) electrons. The molecule has 96 valence electrons. The molecule has 1 saturated heterocycles. The Morgan fingerprint density at radius 3 is 2.35 bits per heavy atom. The molecule has 1 amide bonds. The highest BCUT2D eigenvalue weighted by Gasteiger charge is 2.34. The Balaban J connectivity index is 1.88. The van der Waals surface area contributed by atoms with E-state index in [-0.39, 0.29) is 5.92 Å². The molecule has 2 N–H and O–H groups in total. The SMILES string of the molecule is CC1CCCC1C(=O)N1CCC(C(N)=S)CC1. The Labute approximate surface area is 109 Å². The molecule has 2 rings (SSSR count). The van der Waals surface area contributed by atoms with Gasteiger partial charge >= 0.3 is 0 Å². The Kier molecular flexibility index (Phi) is 4.02. The maximum absolute atomic E-state index is 12.3. The van der Waals surface area contributed by atoms with Crippen LogP contribution in [0.5, 0.6) is 0 Å². The van der Waals surface area contributed by atoms with Crippen LogP contribution in [0, 0.1) is 17.8 Å². The quantitative estimate of drug-likeness (QED) is 0.766. The lowest BCUT2D eigenvalue weighted by Crippen LogP contribution is -2.44. The minimum Gasteiger partial charge on any atom is -0.393 e. The predicted molar refractivity (Wildman–Crippen MR) is 72.6 cm³/mol. The highest BCUT2D eigenvalue weighted by Crippen LogP contribution is 2.33. The van der Waals surface area contributed by atoms with Gasteiger partial charge in [0, 0.05) is 24.9 Å². The van der Waals surface area contributed by atoms with Crippen molar-refractivity contribution >= 4 is 23.1 Å². The molecule has 1 saturated carbocycles. The van der Waals surface area contributed by atoms with E-state index < -0.39 is 0 Å². The molecule has 0 aromatic heterocycles. The summed E-state index contributed by atoms with van der Waals surface area (Å²) in [6.45, 7) is 3.88. The van der Waals surface area contributed by atoms with Crippen molar-refractivity contribution in [2.75, 3.05) is 13.1 Å². The van der Waals surface area contributed by atoms with E-state index in [1.54, 1.807) is 0 Å². The standard InChI is InChI=1S/C13H22N2OS/c1-9-3-2-4-11(9)13(16)15-7-5-10(6-8-15)12(14)17/h9-11H,2-8H2,1H3,(H2,14,17). The van der Waals surface area contributed by atoms with E-state index >= 15 is 0 Å². The molecule has 2 unspecified atom stereocenters. The summed E-state index contributed by atoms with van der Waals surface area (Å²) < 4.78 is 0. The van der Waals surface area contributed by atoms with E-state index in [1.165, 1.54) is 12.8 Å². The summed E-state index contributed by atoms with van der Waals surface area (Å²) in [5.74, 6) is 1.55. The van der Waals surface area contributed by atoms with E-state index in [0.717, 1.165) is 32.4 Å². The zero-order valence-electron chi connectivity index (χ0n) is 10.5. The monoisotopic (exact) mass is 254 g/mol. The lowest BCUT2D eigenvalue weighted by Gasteiger charge is -2.34. The van der Waals surface area contributed by atoms with Gasteiger partial charge in [-0.1, -0.05) is 25.6 Å². The third-order valence-electron chi connectivity index (χ3n) is 4.39. The first kappa shape index (κ1) is 12.8. The Hall–Kier alpha value is -0.640. The van der Waals surface area contributed by atoms with Crippen molar-refractivity contribution in [1.29, 1.82) is 0 Å². The third kappa shape index (κ3) is 2.79. The van der Waals surface area contributed by atoms with Crippen molar-refractivity contribution in [3.8, 4) is 0 Å². The summed E-state index contributed by atoms with van der Waals surface area (Å²) in [5.41, 5.74) is 5.66. The molecule has 1 heterocycles. The number of rotatable bonds is 2. The molecule has 1 aliphatic heterocycles. The summed E-state index contributed by atoms with van der Waals surface area (Å²) >= 11 is 5.02. The fourth-order valence-electron chi connectivity index (χ4n) is 3.13. The number of piperidine rings is 1. The van der Waals surface area contributed by atoms with E-state index in [1.807, 2.05) is 4.90 Å². The van der Waals surface area contributed by atoms with Gasteiger partial charge in [0.1, 0.15) is 0 Å². The Morgan fingerprint density at radius 2 is 1.88 bits per heavy atom. The van der Waals surface area contributed by atoms with Crippen LogP contribution in [0.3, 0.4) is 0 Å². The topological polar surface area (TPSA) is 46.3 Å². The van der Waals surface area contributed by atoms with Crippen LogP contribution >= 0.6 is 12.2 Å². The summed E-state index contributed by atoms with van der Waals surface area (Å²) in [6.07, 6.45) is 5.39. The molecule has 0 aromatic carbocycles. The number of nitrogens with two attached hydrogens (primary N) is 1. The fourth-order valence-corrected chi connectivity index (χ4v) is 3.37. The van der Waals surface area contributed by atoms with Crippen LogP contribution in [0.4, 0.5) is 0 Å². The molecule has 2 aliphatic rings. The van der Waals surface area contributed by atoms with Gasteiger partial charge in [0.2, 0.25) is 5.91 Å². The van der Waals surface area contributed by atoms with Crippen molar-refractivity contribution in [1.82, 2.24) is 4.90 Å². The first-order valence-electron chi connectivity index (χ1n) is 6.67. The number of nitrogens with zero attached hydrogens (tertiary/aromatic N) is 1. The number of amides is 1. The molecule has 0 bridgehead atoms. The zero-order chi connectivity index (χ0) is 12.4. The second kappa shape index (κ2) is 5.34. The molecule has 2 atom stereocenters. The van der Waals surface area contributed by atoms with Gasteiger partial charge in [0.25, 0.3) is 0 Å². The molecular formula is C13H22N2OS. The average molecular weight is 254 g/mol. The van der Waals surface area contributed by atoms with Crippen molar-refractivity contribution < 1.29 is 4.79 Å². The minimum absolute atomic E-state index is 0.274. The van der Waals surface area contributed by atoms with Gasteiger partial charge in [-0.2, -0.15) is 0 Å². The van der Waals surface area contributed by atoms with Crippen LogP contribution in [0.25, 0.3) is 0 Å². The van der Waals surface area contributed by atoms with Gasteiger partial charge in [0.15, 0.2) is 0 Å². The molecule has 0 aromatic rings. The van der Waals surface area contributed by atoms with E-state index in [9.17, 15) is 4.79 Å². The molecule has 4 heteroatoms. The van der Waals surface area contributed by atoms with Crippen LogP contribution in [-0.2, 0) is 4.79 Å². The highest BCUT2D eigenvalue weighted by molar-refractivity contribution is 7.80. The van der Waals surface area contributed by atoms with E-state index in [2.05, 4.69) is 6.92 Å². The number of thiocarbonyl (C=S) groups is 1. The summed E-state index contributed by atoms with van der Waals surface area (Å²) in [5, 5.41) is 0. The summed E-state index contributed by atoms with van der Waals surface area (Å²) in [6, 6.07) is 0. The van der Waals surface area contributed by atoms with Gasteiger partial charge < -0.3 is 10.6 Å². The number of hydrogen-bond acceptors (Lipinski definition) is 2. The second-order valence-corrected chi connectivity index (χ2v) is 5.99. The van der Waals surface area contributed by atoms with Crippen molar-refractivity contribution in [2.45, 2.75) is 39.0 Å². The fraction of sp³-hybridized carbons (Fsp3) is 0.846. The number of carbonyl (C=O) groups is 1. The first-order valence-corrected chi connectivity index (χ1v) is 7.08. The average Bonchev–Trinajstić information content (AvgIpc) is 2.74. The lowest BCUT2D eigenvalue weighted by molar-refractivity contribution is -0.137. The summed E-state index contributed by atoms with van der Waals surface area (Å²) in [7, 11) is 0. The largest absolute Gasteiger partial charge is 0.393 e. The van der Waals surface area contributed by atoms with Crippen molar-refractivity contribution in [2.24, 2.45) is 23.5 Å². The minimum atomic E-state index is 0.274. The van der Waals surface area contributed by atoms with Crippen molar-refractivity contribution in [3.05, 3.63) is 0 Å². The number of likely N-dealkylation sites (tertiary alicyclic amines) is 1. The molecular weight excluding hydrogens is 232 g/mol. The number of hydrogen-bond donors (Lipinski definition) is 1. The molecule has 3 nitrogen and oxygen atoms in total. The van der Waals surface area contributed by atoms with Gasteiger partial charge in [-0.15, -0.1) is 0 Å². The zero-order valence-corrected chi connectivity index (χ0v) is 11.3. The third-order valence-corrected chi connectivity index (χ3v) is 4.72. The van der Waals surface area contributed by atoms with Crippen LogP contribution in [0.15, 0.2) is 0 Å². The first-order chi connectivity index (χ1) is 8.09. The van der Waals surface area contributed by atoms with E-state index in [0.29, 0.717) is 22.7 Å². The maximum atomic E-state index is 12.3. The highest BCUT2D eigenvalue weighted by atomic mass is 32.1. The van der Waals surface area contributed by atoms with Gasteiger partial charge in [-0.3, -0.25) is 4.79 Å². The predicted octanol–water partition coefficient (Wildman–Crippen LogP) is 1.95. The van der Waals surface area contributed by atoms with Crippen LogP contribution in [-0.4, -0.2) is 28.9 Å². The lowest BCUT2D eigenvalue weighted by atomic mass is 9.93. The van der Waals surface area contributed by atoms with E-state index in [4.69, 9.17) is 18.0 Å². The molecule has 17 heavy (non-hydrogen) atoms. The normalized spacial score (nSPS) is 30.5. The summed E-state index contributed by atoms with van der Waals surface area (Å²) in [4.78, 5) is 15.0. The smallest absolute Gasteiger partial charge is 0.225 e. The molecule has 0 spiro atoms. The van der Waals surface area contributed by atoms with Crippen LogP contribution in [0.2, 0.25) is 0 Å². The van der Waals surface area contributed by atoms with Gasteiger partial charge in [0.05, 0.1) is 4.99 Å². The second-order valence-electron chi connectivity index (χ2n) is 5.52. The van der Waals surface area contributed by atoms with Gasteiger partial charge in [-0.25, -0.2) is 0 Å². The Morgan fingerprint density at radius 1 is 1.24 bits per heavy atom. The van der Waals surface area contributed by atoms with Crippen LogP contribution < -0.4 is 5.73 Å². The molecule has 2 fully saturated rings. The maximum Gasteiger partial charge on any atom is 0.225 e. The van der Waals surface area contributed by atoms with Crippen molar-refractivity contribution in [3.63, 3.8) is 0 Å². The van der Waals surface area contributed by atoms with Gasteiger partial charge in [-0.05, 0) is 31.6 Å². The Bertz CT molecular complexity index is 311. The molecule has 1 aliphatic carbocycles.